The molecule has 0 unspecified atom stereocenters. The molecule has 4 nitrogen and oxygen atoms in total. The molecule has 0 aliphatic rings. The zero-order valence-electron chi connectivity index (χ0n) is 22.5. The van der Waals surface area contributed by atoms with Crippen molar-refractivity contribution in [3.8, 4) is 34.6 Å². The topological polar surface area (TPSA) is 57.4 Å². The number of benzene rings is 6. The van der Waals surface area contributed by atoms with E-state index in [4.69, 9.17) is 0 Å². The number of fused-ring (bicyclic) bond motifs is 6. The van der Waals surface area contributed by atoms with Crippen molar-refractivity contribution in [3.05, 3.63) is 145 Å². The molecule has 0 atom stereocenters. The lowest BCUT2D eigenvalue weighted by Crippen LogP contribution is -1.96. The zero-order chi connectivity index (χ0) is 28.2. The van der Waals surface area contributed by atoms with E-state index in [-0.39, 0.29) is 0 Å². The van der Waals surface area contributed by atoms with Crippen LogP contribution in [-0.2, 0) is 0 Å². The highest BCUT2D eigenvalue weighted by molar-refractivity contribution is 6.15. The SMILES string of the molecule is N#Cc1cccc(-n2c3ccc(C#N)cc3c3ccc(-c4cccc5c6ccccc6n(-c6ccccc6)c45)cc32)c1. The highest BCUT2D eigenvalue weighted by Crippen LogP contribution is 2.40. The fourth-order valence-corrected chi connectivity index (χ4v) is 6.35. The Bertz CT molecular complexity index is 2430. The van der Waals surface area contributed by atoms with E-state index in [9.17, 15) is 10.5 Å². The summed E-state index contributed by atoms with van der Waals surface area (Å²) in [7, 11) is 0. The standard InChI is InChI=1S/C38H22N4/c39-23-25-8-6-11-29(20-25)41-36-19-16-26(24-40)21-34(36)32-18-17-27(22-37(32)41)30-13-7-14-33-31-12-4-5-15-35(31)42(38(30)33)28-9-2-1-3-10-28/h1-22H. The number of hydrogen-bond acceptors (Lipinski definition) is 2. The second-order valence-corrected chi connectivity index (χ2v) is 10.5. The van der Waals surface area contributed by atoms with Crippen LogP contribution in [0.15, 0.2) is 133 Å². The number of nitrogens with zero attached hydrogens (tertiary/aromatic N) is 4. The summed E-state index contributed by atoms with van der Waals surface area (Å²) in [5.41, 5.74) is 9.81. The summed E-state index contributed by atoms with van der Waals surface area (Å²) in [6.07, 6.45) is 0. The molecule has 0 saturated carbocycles. The molecule has 0 aliphatic heterocycles. The van der Waals surface area contributed by atoms with Crippen LogP contribution in [-0.4, -0.2) is 9.13 Å². The third-order valence-corrected chi connectivity index (χ3v) is 8.15. The van der Waals surface area contributed by atoms with Gasteiger partial charge in [0.05, 0.1) is 45.3 Å². The minimum Gasteiger partial charge on any atom is -0.309 e. The molecule has 2 heterocycles. The Kier molecular flexibility index (Phi) is 5.22. The van der Waals surface area contributed by atoms with Gasteiger partial charge in [0, 0.05) is 38.5 Å². The van der Waals surface area contributed by atoms with Crippen LogP contribution >= 0.6 is 0 Å². The van der Waals surface area contributed by atoms with Gasteiger partial charge in [-0.15, -0.1) is 0 Å². The molecule has 0 spiro atoms. The van der Waals surface area contributed by atoms with Gasteiger partial charge < -0.3 is 9.13 Å². The molecule has 0 bridgehead atoms. The number of nitriles is 2. The normalized spacial score (nSPS) is 11.3. The van der Waals surface area contributed by atoms with Crippen molar-refractivity contribution >= 4 is 43.6 Å². The Labute approximate surface area is 242 Å². The van der Waals surface area contributed by atoms with Crippen LogP contribution in [0, 0.1) is 22.7 Å². The predicted octanol–water partition coefficient (Wildman–Crippen LogP) is 9.29. The molecule has 4 heteroatoms. The van der Waals surface area contributed by atoms with Gasteiger partial charge in [0.1, 0.15) is 0 Å². The lowest BCUT2D eigenvalue weighted by atomic mass is 10.00. The van der Waals surface area contributed by atoms with Crippen molar-refractivity contribution in [1.82, 2.24) is 9.13 Å². The largest absolute Gasteiger partial charge is 0.309 e. The third-order valence-electron chi connectivity index (χ3n) is 8.15. The summed E-state index contributed by atoms with van der Waals surface area (Å²) in [5.74, 6) is 0. The summed E-state index contributed by atoms with van der Waals surface area (Å²) >= 11 is 0. The monoisotopic (exact) mass is 534 g/mol. The molecule has 0 radical (unpaired) electrons. The second-order valence-electron chi connectivity index (χ2n) is 10.5. The number of aromatic nitrogens is 2. The van der Waals surface area contributed by atoms with Gasteiger partial charge in [-0.05, 0) is 66.2 Å². The van der Waals surface area contributed by atoms with Crippen LogP contribution < -0.4 is 0 Å². The fourth-order valence-electron chi connectivity index (χ4n) is 6.35. The fraction of sp³-hybridized carbons (Fsp3) is 0. The van der Waals surface area contributed by atoms with E-state index in [0.29, 0.717) is 11.1 Å². The van der Waals surface area contributed by atoms with Gasteiger partial charge in [-0.1, -0.05) is 72.8 Å². The van der Waals surface area contributed by atoms with Gasteiger partial charge in [0.15, 0.2) is 0 Å². The van der Waals surface area contributed by atoms with E-state index < -0.39 is 0 Å². The molecule has 0 aliphatic carbocycles. The van der Waals surface area contributed by atoms with Crippen LogP contribution in [0.2, 0.25) is 0 Å². The first-order valence-corrected chi connectivity index (χ1v) is 13.8. The molecule has 0 fully saturated rings. The summed E-state index contributed by atoms with van der Waals surface area (Å²) in [4.78, 5) is 0. The van der Waals surface area contributed by atoms with Crippen LogP contribution in [0.3, 0.4) is 0 Å². The van der Waals surface area contributed by atoms with E-state index in [1.807, 2.05) is 48.5 Å². The molecular formula is C38H22N4. The van der Waals surface area contributed by atoms with Crippen molar-refractivity contribution in [2.75, 3.05) is 0 Å². The van der Waals surface area contributed by atoms with Gasteiger partial charge in [0.25, 0.3) is 0 Å². The lowest BCUT2D eigenvalue weighted by Gasteiger charge is -2.13. The summed E-state index contributed by atoms with van der Waals surface area (Å²) in [6, 6.07) is 50.2. The first-order chi connectivity index (χ1) is 20.7. The van der Waals surface area contributed by atoms with E-state index in [1.165, 1.54) is 16.3 Å². The first kappa shape index (κ1) is 23.8. The highest BCUT2D eigenvalue weighted by Gasteiger charge is 2.18. The van der Waals surface area contributed by atoms with Gasteiger partial charge in [-0.2, -0.15) is 10.5 Å². The summed E-state index contributed by atoms with van der Waals surface area (Å²) in [6.45, 7) is 0. The quantitative estimate of drug-likeness (QED) is 0.227. The molecule has 42 heavy (non-hydrogen) atoms. The third kappa shape index (κ3) is 3.47. The maximum Gasteiger partial charge on any atom is 0.0992 e. The van der Waals surface area contributed by atoms with Crippen molar-refractivity contribution in [2.45, 2.75) is 0 Å². The van der Waals surface area contributed by atoms with E-state index in [2.05, 4.69) is 106 Å². The maximum absolute atomic E-state index is 9.64. The molecule has 8 aromatic rings. The zero-order valence-corrected chi connectivity index (χ0v) is 22.5. The number of hydrogen-bond donors (Lipinski definition) is 0. The van der Waals surface area contributed by atoms with Gasteiger partial charge >= 0.3 is 0 Å². The second kappa shape index (κ2) is 9.24. The van der Waals surface area contributed by atoms with E-state index >= 15 is 0 Å². The molecule has 0 saturated heterocycles. The van der Waals surface area contributed by atoms with Crippen LogP contribution in [0.1, 0.15) is 11.1 Å². The Morgan fingerprint density at radius 3 is 1.98 bits per heavy atom. The minimum atomic E-state index is 0.601. The van der Waals surface area contributed by atoms with Gasteiger partial charge in [-0.3, -0.25) is 0 Å². The molecule has 194 valence electrons. The van der Waals surface area contributed by atoms with E-state index in [0.717, 1.165) is 49.8 Å². The van der Waals surface area contributed by atoms with Crippen LogP contribution in [0.25, 0.3) is 66.1 Å². The average Bonchev–Trinajstić information content (AvgIpc) is 3.57. The smallest absolute Gasteiger partial charge is 0.0992 e. The number of para-hydroxylation sites is 3. The van der Waals surface area contributed by atoms with Crippen molar-refractivity contribution in [2.24, 2.45) is 0 Å². The summed E-state index contributed by atoms with van der Waals surface area (Å²) in [5, 5.41) is 23.8. The van der Waals surface area contributed by atoms with Gasteiger partial charge in [0.2, 0.25) is 0 Å². The molecule has 0 N–H and O–H groups in total. The average molecular weight is 535 g/mol. The number of rotatable bonds is 3. The van der Waals surface area contributed by atoms with Crippen molar-refractivity contribution in [1.29, 1.82) is 10.5 Å². The predicted molar refractivity (Wildman–Crippen MR) is 170 cm³/mol. The summed E-state index contributed by atoms with van der Waals surface area (Å²) < 4.78 is 4.55. The lowest BCUT2D eigenvalue weighted by molar-refractivity contribution is 1.17. The Hall–Kier alpha value is -6.10. The van der Waals surface area contributed by atoms with Crippen molar-refractivity contribution in [3.63, 3.8) is 0 Å². The molecular weight excluding hydrogens is 512 g/mol. The Morgan fingerprint density at radius 2 is 1.12 bits per heavy atom. The minimum absolute atomic E-state index is 0.601. The van der Waals surface area contributed by atoms with Gasteiger partial charge in [-0.25, -0.2) is 0 Å². The van der Waals surface area contributed by atoms with Crippen molar-refractivity contribution < 1.29 is 0 Å². The molecule has 0 amide bonds. The van der Waals surface area contributed by atoms with Crippen LogP contribution in [0.5, 0.6) is 0 Å². The first-order valence-electron chi connectivity index (χ1n) is 13.8. The maximum atomic E-state index is 9.64. The van der Waals surface area contributed by atoms with Crippen LogP contribution in [0.4, 0.5) is 0 Å². The Balaban J connectivity index is 1.48. The highest BCUT2D eigenvalue weighted by atomic mass is 15.0. The van der Waals surface area contributed by atoms with E-state index in [1.54, 1.807) is 0 Å². The molecule has 2 aromatic heterocycles. The molecule has 6 aromatic carbocycles. The Morgan fingerprint density at radius 1 is 0.429 bits per heavy atom. The molecule has 8 rings (SSSR count).